The molecule has 1 heterocycles. The summed E-state index contributed by atoms with van der Waals surface area (Å²) in [6.07, 6.45) is 0.211. The second-order valence-electron chi connectivity index (χ2n) is 6.36. The van der Waals surface area contributed by atoms with E-state index in [4.69, 9.17) is 4.74 Å². The summed E-state index contributed by atoms with van der Waals surface area (Å²) in [5.74, 6) is 0.838. The monoisotopic (exact) mass is 197 g/mol. The van der Waals surface area contributed by atoms with E-state index in [0.717, 1.165) is 5.90 Å². The highest BCUT2D eigenvalue weighted by Gasteiger charge is 2.44. The lowest BCUT2D eigenvalue weighted by molar-refractivity contribution is 0.0436. The third-order valence-electron chi connectivity index (χ3n) is 2.65. The van der Waals surface area contributed by atoms with Crippen LogP contribution in [0.2, 0.25) is 0 Å². The largest absolute Gasteiger partial charge is 0.475 e. The van der Waals surface area contributed by atoms with Gasteiger partial charge in [0.15, 0.2) is 5.90 Å². The number of rotatable bonds is 0. The van der Waals surface area contributed by atoms with Crippen LogP contribution in [0.3, 0.4) is 0 Å². The SMILES string of the molecule is CC1=NC(C(C)(C)C)C(C(C)(C)C)O1. The van der Waals surface area contributed by atoms with Crippen molar-refractivity contribution in [2.45, 2.75) is 60.6 Å². The minimum Gasteiger partial charge on any atom is -0.475 e. The Kier molecular flexibility index (Phi) is 2.68. The summed E-state index contributed by atoms with van der Waals surface area (Å²) in [5.41, 5.74) is 0.328. The van der Waals surface area contributed by atoms with Crippen LogP contribution in [-0.4, -0.2) is 18.0 Å². The van der Waals surface area contributed by atoms with Crippen LogP contribution in [0.15, 0.2) is 4.99 Å². The lowest BCUT2D eigenvalue weighted by atomic mass is 9.75. The standard InChI is InChI=1S/C12H23NO/c1-8-13-9(11(2,3)4)10(14-8)12(5,6)7/h9-10H,1-7H3. The average Bonchev–Trinajstić information content (AvgIpc) is 2.27. The van der Waals surface area contributed by atoms with Gasteiger partial charge in [0.25, 0.3) is 0 Å². The predicted octanol–water partition coefficient (Wildman–Crippen LogP) is 3.26. The summed E-state index contributed by atoms with van der Waals surface area (Å²) in [4.78, 5) is 4.60. The van der Waals surface area contributed by atoms with Crippen LogP contribution >= 0.6 is 0 Å². The summed E-state index contributed by atoms with van der Waals surface area (Å²) >= 11 is 0. The molecule has 2 heteroatoms. The third-order valence-corrected chi connectivity index (χ3v) is 2.65. The normalized spacial score (nSPS) is 28.6. The smallest absolute Gasteiger partial charge is 0.180 e. The fraction of sp³-hybridized carbons (Fsp3) is 0.917. The van der Waals surface area contributed by atoms with Gasteiger partial charge in [0, 0.05) is 12.3 Å². The second-order valence-corrected chi connectivity index (χ2v) is 6.36. The van der Waals surface area contributed by atoms with Gasteiger partial charge in [0.2, 0.25) is 0 Å². The maximum atomic E-state index is 5.81. The first kappa shape index (κ1) is 11.5. The molecule has 0 bridgehead atoms. The highest BCUT2D eigenvalue weighted by atomic mass is 16.5. The van der Waals surface area contributed by atoms with Crippen molar-refractivity contribution in [3.63, 3.8) is 0 Å². The highest BCUT2D eigenvalue weighted by Crippen LogP contribution is 2.38. The molecule has 2 atom stereocenters. The summed E-state index contributed by atoms with van der Waals surface area (Å²) in [6.45, 7) is 15.3. The van der Waals surface area contributed by atoms with Gasteiger partial charge in [0.05, 0.1) is 6.04 Å². The molecule has 2 unspecified atom stereocenters. The molecule has 0 spiro atoms. The molecule has 0 saturated heterocycles. The van der Waals surface area contributed by atoms with Crippen molar-refractivity contribution in [1.82, 2.24) is 0 Å². The summed E-state index contributed by atoms with van der Waals surface area (Å²) in [5, 5.41) is 0. The molecule has 0 radical (unpaired) electrons. The van der Waals surface area contributed by atoms with E-state index in [-0.39, 0.29) is 23.0 Å². The van der Waals surface area contributed by atoms with Gasteiger partial charge in [-0.3, -0.25) is 0 Å². The van der Waals surface area contributed by atoms with Crippen LogP contribution in [-0.2, 0) is 4.74 Å². The maximum absolute atomic E-state index is 5.81. The zero-order valence-electron chi connectivity index (χ0n) is 10.5. The van der Waals surface area contributed by atoms with Gasteiger partial charge < -0.3 is 4.74 Å². The number of aliphatic imine (C=N–C) groups is 1. The zero-order chi connectivity index (χ0) is 11.1. The minimum atomic E-state index is 0.152. The molecule has 0 aliphatic carbocycles. The maximum Gasteiger partial charge on any atom is 0.180 e. The molecule has 0 aromatic carbocycles. The Morgan fingerprint density at radius 1 is 1.00 bits per heavy atom. The number of ether oxygens (including phenoxy) is 1. The molecule has 0 aromatic heterocycles. The van der Waals surface area contributed by atoms with Crippen LogP contribution in [0.5, 0.6) is 0 Å². The quantitative estimate of drug-likeness (QED) is 0.584. The Morgan fingerprint density at radius 2 is 1.50 bits per heavy atom. The van der Waals surface area contributed by atoms with E-state index < -0.39 is 0 Å². The lowest BCUT2D eigenvalue weighted by Gasteiger charge is -2.36. The van der Waals surface area contributed by atoms with Gasteiger partial charge in [-0.2, -0.15) is 0 Å². The van der Waals surface area contributed by atoms with E-state index in [9.17, 15) is 0 Å². The molecule has 1 aliphatic heterocycles. The first-order chi connectivity index (χ1) is 6.12. The van der Waals surface area contributed by atoms with Gasteiger partial charge in [-0.15, -0.1) is 0 Å². The number of nitrogens with zero attached hydrogens (tertiary/aromatic N) is 1. The minimum absolute atomic E-state index is 0.152. The van der Waals surface area contributed by atoms with Crippen molar-refractivity contribution in [2.24, 2.45) is 15.8 Å². The van der Waals surface area contributed by atoms with Crippen LogP contribution < -0.4 is 0 Å². The van der Waals surface area contributed by atoms with Gasteiger partial charge in [0.1, 0.15) is 6.10 Å². The molecule has 82 valence electrons. The van der Waals surface area contributed by atoms with E-state index in [1.54, 1.807) is 0 Å². The molecule has 1 aliphatic rings. The fourth-order valence-electron chi connectivity index (χ4n) is 1.84. The topological polar surface area (TPSA) is 21.6 Å². The van der Waals surface area contributed by atoms with Gasteiger partial charge in [-0.05, 0) is 5.41 Å². The number of hydrogen-bond acceptors (Lipinski definition) is 2. The van der Waals surface area contributed by atoms with E-state index >= 15 is 0 Å². The van der Waals surface area contributed by atoms with Crippen LogP contribution in [0.1, 0.15) is 48.5 Å². The van der Waals surface area contributed by atoms with E-state index in [2.05, 4.69) is 46.5 Å². The summed E-state index contributed by atoms with van der Waals surface area (Å²) < 4.78 is 5.81. The molecule has 1 rings (SSSR count). The second kappa shape index (κ2) is 3.25. The van der Waals surface area contributed by atoms with Gasteiger partial charge in [-0.25, -0.2) is 4.99 Å². The van der Waals surface area contributed by atoms with Crippen LogP contribution in [0.4, 0.5) is 0 Å². The molecule has 0 aromatic rings. The fourth-order valence-corrected chi connectivity index (χ4v) is 1.84. The molecule has 0 N–H and O–H groups in total. The molecular weight excluding hydrogens is 174 g/mol. The van der Waals surface area contributed by atoms with Crippen molar-refractivity contribution < 1.29 is 4.74 Å². The molecule has 2 nitrogen and oxygen atoms in total. The van der Waals surface area contributed by atoms with Crippen LogP contribution in [0.25, 0.3) is 0 Å². The van der Waals surface area contributed by atoms with Crippen molar-refractivity contribution in [3.8, 4) is 0 Å². The highest BCUT2D eigenvalue weighted by molar-refractivity contribution is 5.75. The van der Waals surface area contributed by atoms with Crippen molar-refractivity contribution in [2.75, 3.05) is 0 Å². The first-order valence-electron chi connectivity index (χ1n) is 5.33. The molecule has 0 saturated carbocycles. The van der Waals surface area contributed by atoms with Crippen molar-refractivity contribution in [3.05, 3.63) is 0 Å². The predicted molar refractivity (Wildman–Crippen MR) is 60.7 cm³/mol. The van der Waals surface area contributed by atoms with Crippen molar-refractivity contribution in [1.29, 1.82) is 0 Å². The van der Waals surface area contributed by atoms with Gasteiger partial charge >= 0.3 is 0 Å². The summed E-state index contributed by atoms with van der Waals surface area (Å²) in [6, 6.07) is 0.280. The Balaban J connectivity index is 2.91. The van der Waals surface area contributed by atoms with Crippen LogP contribution in [0, 0.1) is 10.8 Å². The first-order valence-corrected chi connectivity index (χ1v) is 5.33. The zero-order valence-corrected chi connectivity index (χ0v) is 10.5. The Bertz CT molecular complexity index is 242. The van der Waals surface area contributed by atoms with E-state index in [1.807, 2.05) is 6.92 Å². The van der Waals surface area contributed by atoms with Gasteiger partial charge in [-0.1, -0.05) is 41.5 Å². The molecule has 14 heavy (non-hydrogen) atoms. The molecule has 0 amide bonds. The number of hydrogen-bond donors (Lipinski definition) is 0. The average molecular weight is 197 g/mol. The van der Waals surface area contributed by atoms with E-state index in [1.165, 1.54) is 0 Å². The Labute approximate surface area is 87.8 Å². The third kappa shape index (κ3) is 2.28. The Hall–Kier alpha value is -0.530. The van der Waals surface area contributed by atoms with Crippen molar-refractivity contribution >= 4 is 5.90 Å². The lowest BCUT2D eigenvalue weighted by Crippen LogP contribution is -2.42. The van der Waals surface area contributed by atoms with E-state index in [0.29, 0.717) is 0 Å². The summed E-state index contributed by atoms with van der Waals surface area (Å²) in [7, 11) is 0. The molecule has 0 fully saturated rings. The molecular formula is C12H23NO. The Morgan fingerprint density at radius 3 is 1.79 bits per heavy atom.